The number of hydrogen-bond acceptors (Lipinski definition) is 3. The molecule has 0 aliphatic carbocycles. The molecule has 0 bridgehead atoms. The first kappa shape index (κ1) is 17.9. The first-order chi connectivity index (χ1) is 11.4. The summed E-state index contributed by atoms with van der Waals surface area (Å²) in [6, 6.07) is 8.86. The van der Waals surface area contributed by atoms with Gasteiger partial charge in [-0.2, -0.15) is 0 Å². The molecule has 126 valence electrons. The molecule has 0 saturated carbocycles. The lowest BCUT2D eigenvalue weighted by Gasteiger charge is -2.11. The molecule has 0 heterocycles. The van der Waals surface area contributed by atoms with Crippen molar-refractivity contribution in [3.05, 3.63) is 57.8 Å². The van der Waals surface area contributed by atoms with Crippen LogP contribution in [0.25, 0.3) is 0 Å². The van der Waals surface area contributed by atoms with E-state index in [9.17, 15) is 19.1 Å². The van der Waals surface area contributed by atoms with Crippen LogP contribution in [0, 0.1) is 5.82 Å². The summed E-state index contributed by atoms with van der Waals surface area (Å²) in [7, 11) is 0. The minimum atomic E-state index is -1.17. The van der Waals surface area contributed by atoms with Crippen LogP contribution in [0.1, 0.15) is 29.3 Å². The zero-order valence-corrected chi connectivity index (χ0v) is 14.4. The maximum absolute atomic E-state index is 13.2. The lowest BCUT2D eigenvalue weighted by molar-refractivity contribution is -0.115. The van der Waals surface area contributed by atoms with Crippen molar-refractivity contribution in [2.75, 3.05) is 5.32 Å². The quantitative estimate of drug-likeness (QED) is 0.767. The SMILES string of the molecule is CCC(=O)Nc1ccc(OCc2ccc(F)c(Br)c2)cc1C(=O)O. The fourth-order valence-corrected chi connectivity index (χ4v) is 2.36. The molecule has 1 amide bonds. The third-order valence-electron chi connectivity index (χ3n) is 3.21. The van der Waals surface area contributed by atoms with E-state index in [2.05, 4.69) is 21.2 Å². The van der Waals surface area contributed by atoms with E-state index in [4.69, 9.17) is 4.74 Å². The second-order valence-corrected chi connectivity index (χ2v) is 5.81. The zero-order valence-electron chi connectivity index (χ0n) is 12.8. The topological polar surface area (TPSA) is 75.6 Å². The number of aromatic carboxylic acids is 1. The predicted molar refractivity (Wildman–Crippen MR) is 90.8 cm³/mol. The van der Waals surface area contributed by atoms with Crippen LogP contribution in [-0.4, -0.2) is 17.0 Å². The normalized spacial score (nSPS) is 10.3. The summed E-state index contributed by atoms with van der Waals surface area (Å²) < 4.78 is 19.1. The van der Waals surface area contributed by atoms with Gasteiger partial charge in [-0.1, -0.05) is 13.0 Å². The highest BCUT2D eigenvalue weighted by atomic mass is 79.9. The van der Waals surface area contributed by atoms with E-state index in [0.717, 1.165) is 5.56 Å². The minimum Gasteiger partial charge on any atom is -0.489 e. The molecule has 0 radical (unpaired) electrons. The number of rotatable bonds is 6. The lowest BCUT2D eigenvalue weighted by atomic mass is 10.1. The zero-order chi connectivity index (χ0) is 17.7. The molecule has 2 aromatic rings. The molecular formula is C17H15BrFNO4. The second-order valence-electron chi connectivity index (χ2n) is 4.95. The van der Waals surface area contributed by atoms with E-state index < -0.39 is 5.97 Å². The van der Waals surface area contributed by atoms with Crippen molar-refractivity contribution >= 4 is 33.5 Å². The van der Waals surface area contributed by atoms with Gasteiger partial charge in [-0.25, -0.2) is 9.18 Å². The highest BCUT2D eigenvalue weighted by molar-refractivity contribution is 9.10. The number of carbonyl (C=O) groups is 2. The Hall–Kier alpha value is -2.41. The Bertz CT molecular complexity index is 779. The Labute approximate surface area is 146 Å². The van der Waals surface area contributed by atoms with Gasteiger partial charge in [0.25, 0.3) is 0 Å². The second kappa shape index (κ2) is 7.92. The van der Waals surface area contributed by atoms with E-state index in [0.29, 0.717) is 10.2 Å². The van der Waals surface area contributed by atoms with Gasteiger partial charge in [0.15, 0.2) is 0 Å². The highest BCUT2D eigenvalue weighted by Gasteiger charge is 2.13. The molecule has 0 fully saturated rings. The minimum absolute atomic E-state index is 0.0606. The predicted octanol–water partition coefficient (Wildman–Crippen LogP) is 4.21. The fraction of sp³-hybridized carbons (Fsp3) is 0.176. The van der Waals surface area contributed by atoms with Gasteiger partial charge in [-0.3, -0.25) is 4.79 Å². The Balaban J connectivity index is 2.15. The Morgan fingerprint density at radius 3 is 2.62 bits per heavy atom. The monoisotopic (exact) mass is 395 g/mol. The standard InChI is InChI=1S/C17H15BrFNO4/c1-2-16(21)20-15-6-4-11(8-12(15)17(22)23)24-9-10-3-5-14(19)13(18)7-10/h3-8H,2,9H2,1H3,(H,20,21)(H,22,23). The van der Waals surface area contributed by atoms with Crippen molar-refractivity contribution in [1.29, 1.82) is 0 Å². The molecule has 24 heavy (non-hydrogen) atoms. The van der Waals surface area contributed by atoms with Crippen LogP contribution in [0.4, 0.5) is 10.1 Å². The van der Waals surface area contributed by atoms with E-state index in [1.807, 2.05) is 0 Å². The van der Waals surface area contributed by atoms with Gasteiger partial charge >= 0.3 is 5.97 Å². The third kappa shape index (κ3) is 4.55. The third-order valence-corrected chi connectivity index (χ3v) is 3.81. The van der Waals surface area contributed by atoms with Crippen LogP contribution in [0.15, 0.2) is 40.9 Å². The van der Waals surface area contributed by atoms with Crippen molar-refractivity contribution in [2.45, 2.75) is 20.0 Å². The van der Waals surface area contributed by atoms with Crippen molar-refractivity contribution < 1.29 is 23.8 Å². The summed E-state index contributed by atoms with van der Waals surface area (Å²) in [5, 5.41) is 11.8. The molecule has 5 nitrogen and oxygen atoms in total. The number of carbonyl (C=O) groups excluding carboxylic acids is 1. The summed E-state index contributed by atoms with van der Waals surface area (Å²) in [5.41, 5.74) is 0.879. The fourth-order valence-electron chi connectivity index (χ4n) is 1.93. The molecule has 0 unspecified atom stereocenters. The number of hydrogen-bond donors (Lipinski definition) is 2. The maximum atomic E-state index is 13.2. The Morgan fingerprint density at radius 1 is 1.25 bits per heavy atom. The van der Waals surface area contributed by atoms with Crippen LogP contribution >= 0.6 is 15.9 Å². The molecule has 0 atom stereocenters. The van der Waals surface area contributed by atoms with Crippen LogP contribution in [0.5, 0.6) is 5.75 Å². The van der Waals surface area contributed by atoms with E-state index >= 15 is 0 Å². The van der Waals surface area contributed by atoms with Gasteiger partial charge < -0.3 is 15.2 Å². The Morgan fingerprint density at radius 2 is 2.00 bits per heavy atom. The van der Waals surface area contributed by atoms with Gasteiger partial charge in [0.2, 0.25) is 5.91 Å². The lowest BCUT2D eigenvalue weighted by Crippen LogP contribution is -2.13. The van der Waals surface area contributed by atoms with E-state index in [1.165, 1.54) is 18.2 Å². The first-order valence-corrected chi connectivity index (χ1v) is 7.94. The van der Waals surface area contributed by atoms with Crippen molar-refractivity contribution in [2.24, 2.45) is 0 Å². The average Bonchev–Trinajstić information content (AvgIpc) is 2.56. The molecule has 7 heteroatoms. The number of anilines is 1. The highest BCUT2D eigenvalue weighted by Crippen LogP contribution is 2.24. The number of amides is 1. The number of ether oxygens (including phenoxy) is 1. The molecule has 0 spiro atoms. The summed E-state index contributed by atoms with van der Waals surface area (Å²) in [6.45, 7) is 1.83. The van der Waals surface area contributed by atoms with Gasteiger partial charge in [0.05, 0.1) is 15.7 Å². The number of carboxylic acids is 1. The average molecular weight is 396 g/mol. The van der Waals surface area contributed by atoms with Gasteiger partial charge in [0.1, 0.15) is 18.2 Å². The molecule has 2 aromatic carbocycles. The van der Waals surface area contributed by atoms with Crippen molar-refractivity contribution in [1.82, 2.24) is 0 Å². The molecular weight excluding hydrogens is 381 g/mol. The molecule has 2 N–H and O–H groups in total. The van der Waals surface area contributed by atoms with E-state index in [-0.39, 0.29) is 36.0 Å². The van der Waals surface area contributed by atoms with Gasteiger partial charge in [0, 0.05) is 6.42 Å². The summed E-state index contributed by atoms with van der Waals surface area (Å²) in [6.07, 6.45) is 0.247. The number of nitrogens with one attached hydrogen (secondary N) is 1. The maximum Gasteiger partial charge on any atom is 0.337 e. The molecule has 0 saturated heterocycles. The number of carboxylic acid groups (broad SMARTS) is 1. The largest absolute Gasteiger partial charge is 0.489 e. The van der Waals surface area contributed by atoms with Crippen molar-refractivity contribution in [3.63, 3.8) is 0 Å². The van der Waals surface area contributed by atoms with Crippen LogP contribution in [0.2, 0.25) is 0 Å². The van der Waals surface area contributed by atoms with E-state index in [1.54, 1.807) is 25.1 Å². The number of benzene rings is 2. The van der Waals surface area contributed by atoms with Crippen molar-refractivity contribution in [3.8, 4) is 5.75 Å². The van der Waals surface area contributed by atoms with Gasteiger partial charge in [-0.15, -0.1) is 0 Å². The molecule has 0 aliphatic rings. The Kier molecular flexibility index (Phi) is 5.92. The summed E-state index contributed by atoms with van der Waals surface area (Å²) in [5.74, 6) is -1.48. The van der Waals surface area contributed by atoms with Gasteiger partial charge in [-0.05, 0) is 51.8 Å². The number of halogens is 2. The van der Waals surface area contributed by atoms with Crippen LogP contribution in [-0.2, 0) is 11.4 Å². The first-order valence-electron chi connectivity index (χ1n) is 7.14. The summed E-state index contributed by atoms with van der Waals surface area (Å²) in [4.78, 5) is 22.8. The molecule has 0 aromatic heterocycles. The molecule has 0 aliphatic heterocycles. The smallest absolute Gasteiger partial charge is 0.337 e. The van der Waals surface area contributed by atoms with Crippen LogP contribution < -0.4 is 10.1 Å². The van der Waals surface area contributed by atoms with Crippen LogP contribution in [0.3, 0.4) is 0 Å². The molecule has 2 rings (SSSR count). The summed E-state index contributed by atoms with van der Waals surface area (Å²) >= 11 is 3.09.